The van der Waals surface area contributed by atoms with Crippen molar-refractivity contribution in [2.24, 2.45) is 0 Å². The van der Waals surface area contributed by atoms with Gasteiger partial charge in [0, 0.05) is 35.3 Å². The Kier molecular flexibility index (Phi) is 10.5. The second-order valence-electron chi connectivity index (χ2n) is 8.68. The molecular formula is C27H28Cl2N4O6S. The fourth-order valence-electron chi connectivity index (χ4n) is 4.06. The van der Waals surface area contributed by atoms with E-state index < -0.39 is 39.3 Å². The Morgan fingerprint density at radius 3 is 2.30 bits per heavy atom. The standard InChI is InChI=1S/C27H28Cl2N4O6S/c1-3-25(27(35)30-4-2)31(17-19-13-14-20(28)15-24(19)29)26(34)18-32(21-9-8-10-22(16-21)33(36)37)40(38,39)23-11-6-5-7-12-23/h5-16,25H,3-4,17-18H2,1-2H3,(H,30,35). The van der Waals surface area contributed by atoms with E-state index in [0.29, 0.717) is 17.1 Å². The van der Waals surface area contributed by atoms with Crippen LogP contribution in [0.1, 0.15) is 25.8 Å². The van der Waals surface area contributed by atoms with Crippen LogP contribution in [0.15, 0.2) is 77.7 Å². The Morgan fingerprint density at radius 2 is 1.70 bits per heavy atom. The fraction of sp³-hybridized carbons (Fsp3) is 0.259. The number of nitrogens with zero attached hydrogens (tertiary/aromatic N) is 3. The molecule has 0 saturated heterocycles. The molecule has 0 radical (unpaired) electrons. The molecule has 13 heteroatoms. The van der Waals surface area contributed by atoms with E-state index in [9.17, 15) is 28.1 Å². The molecule has 0 spiro atoms. The molecule has 3 aromatic rings. The van der Waals surface area contributed by atoms with E-state index in [-0.39, 0.29) is 34.3 Å². The van der Waals surface area contributed by atoms with Crippen LogP contribution in [0.2, 0.25) is 10.0 Å². The van der Waals surface area contributed by atoms with E-state index in [1.807, 2.05) is 0 Å². The highest BCUT2D eigenvalue weighted by atomic mass is 35.5. The van der Waals surface area contributed by atoms with Gasteiger partial charge in [-0.2, -0.15) is 0 Å². The Bertz CT molecular complexity index is 1490. The molecule has 10 nitrogen and oxygen atoms in total. The molecule has 3 aromatic carbocycles. The van der Waals surface area contributed by atoms with E-state index in [2.05, 4.69) is 5.32 Å². The van der Waals surface area contributed by atoms with Gasteiger partial charge in [-0.3, -0.25) is 24.0 Å². The highest BCUT2D eigenvalue weighted by Gasteiger charge is 2.34. The predicted octanol–water partition coefficient (Wildman–Crippen LogP) is 5.04. The molecule has 1 N–H and O–H groups in total. The maximum Gasteiger partial charge on any atom is 0.271 e. The third-order valence-electron chi connectivity index (χ3n) is 6.03. The number of carbonyl (C=O) groups excluding carboxylic acids is 2. The van der Waals surface area contributed by atoms with Gasteiger partial charge in [0.05, 0.1) is 15.5 Å². The van der Waals surface area contributed by atoms with Gasteiger partial charge in [0.2, 0.25) is 11.8 Å². The van der Waals surface area contributed by atoms with Gasteiger partial charge >= 0.3 is 0 Å². The predicted molar refractivity (Wildman–Crippen MR) is 154 cm³/mol. The van der Waals surface area contributed by atoms with Crippen molar-refractivity contribution >= 4 is 56.4 Å². The van der Waals surface area contributed by atoms with Crippen molar-refractivity contribution in [2.45, 2.75) is 37.8 Å². The number of nitro groups is 1. The molecule has 40 heavy (non-hydrogen) atoms. The summed E-state index contributed by atoms with van der Waals surface area (Å²) >= 11 is 12.4. The van der Waals surface area contributed by atoms with Crippen LogP contribution in [-0.2, 0) is 26.2 Å². The maximum atomic E-state index is 14.0. The van der Waals surface area contributed by atoms with Crippen LogP contribution in [0.25, 0.3) is 0 Å². The lowest BCUT2D eigenvalue weighted by Crippen LogP contribution is -2.52. The van der Waals surface area contributed by atoms with Crippen molar-refractivity contribution in [2.75, 3.05) is 17.4 Å². The topological polar surface area (TPSA) is 130 Å². The number of amides is 2. The highest BCUT2D eigenvalue weighted by molar-refractivity contribution is 7.92. The minimum atomic E-state index is -4.36. The van der Waals surface area contributed by atoms with Crippen LogP contribution in [0.3, 0.4) is 0 Å². The number of carbonyl (C=O) groups is 2. The van der Waals surface area contributed by atoms with Gasteiger partial charge in [-0.05, 0) is 49.2 Å². The number of nitrogens with one attached hydrogen (secondary N) is 1. The van der Waals surface area contributed by atoms with E-state index >= 15 is 0 Å². The zero-order valence-electron chi connectivity index (χ0n) is 21.8. The van der Waals surface area contributed by atoms with Crippen LogP contribution in [0.5, 0.6) is 0 Å². The average Bonchev–Trinajstić information content (AvgIpc) is 2.93. The van der Waals surface area contributed by atoms with E-state index in [0.717, 1.165) is 10.4 Å². The Balaban J connectivity index is 2.11. The lowest BCUT2D eigenvalue weighted by atomic mass is 10.1. The van der Waals surface area contributed by atoms with Crippen LogP contribution in [0.4, 0.5) is 11.4 Å². The lowest BCUT2D eigenvalue weighted by molar-refractivity contribution is -0.384. The van der Waals surface area contributed by atoms with Gasteiger partial charge in [0.1, 0.15) is 12.6 Å². The van der Waals surface area contributed by atoms with E-state index in [1.165, 1.54) is 53.4 Å². The molecule has 0 saturated carbocycles. The van der Waals surface area contributed by atoms with Gasteiger partial charge in [-0.25, -0.2) is 8.42 Å². The van der Waals surface area contributed by atoms with E-state index in [4.69, 9.17) is 23.2 Å². The van der Waals surface area contributed by atoms with Crippen molar-refractivity contribution in [3.8, 4) is 0 Å². The smallest absolute Gasteiger partial charge is 0.271 e. The summed E-state index contributed by atoms with van der Waals surface area (Å²) in [7, 11) is -4.36. The second kappa shape index (κ2) is 13.6. The first-order chi connectivity index (χ1) is 19.0. The minimum Gasteiger partial charge on any atom is -0.355 e. The molecule has 0 fully saturated rings. The molecule has 0 aliphatic rings. The number of non-ortho nitro benzene ring substituents is 1. The van der Waals surface area contributed by atoms with Gasteiger partial charge in [0.15, 0.2) is 0 Å². The lowest BCUT2D eigenvalue weighted by Gasteiger charge is -2.33. The van der Waals surface area contributed by atoms with Crippen LogP contribution >= 0.6 is 23.2 Å². The summed E-state index contributed by atoms with van der Waals surface area (Å²) in [6.45, 7) is 2.94. The molecule has 1 unspecified atom stereocenters. The average molecular weight is 608 g/mol. The number of nitro benzene ring substituents is 1. The largest absolute Gasteiger partial charge is 0.355 e. The Labute approximate surface area is 242 Å². The van der Waals surface area contributed by atoms with Gasteiger partial charge in [0.25, 0.3) is 15.7 Å². The molecule has 0 bridgehead atoms. The highest BCUT2D eigenvalue weighted by Crippen LogP contribution is 2.28. The Morgan fingerprint density at radius 1 is 1.00 bits per heavy atom. The molecule has 212 valence electrons. The first kappa shape index (κ1) is 30.9. The zero-order chi connectivity index (χ0) is 29.4. The van der Waals surface area contributed by atoms with Gasteiger partial charge in [-0.1, -0.05) is 60.5 Å². The fourth-order valence-corrected chi connectivity index (χ4v) is 5.95. The molecule has 0 aliphatic carbocycles. The summed E-state index contributed by atoms with van der Waals surface area (Å²) in [5.41, 5.74) is 0.0636. The number of sulfonamides is 1. The SMILES string of the molecule is CCNC(=O)C(CC)N(Cc1ccc(Cl)cc1Cl)C(=O)CN(c1cccc([N+](=O)[O-])c1)S(=O)(=O)c1ccccc1. The van der Waals surface area contributed by atoms with Crippen molar-refractivity contribution in [1.29, 1.82) is 0 Å². The molecule has 2 amide bonds. The first-order valence-electron chi connectivity index (χ1n) is 12.3. The number of rotatable bonds is 12. The summed E-state index contributed by atoms with van der Waals surface area (Å²) in [6, 6.07) is 16.2. The number of halogens is 2. The summed E-state index contributed by atoms with van der Waals surface area (Å²) in [5, 5.41) is 14.8. The normalized spacial score (nSPS) is 11.9. The second-order valence-corrected chi connectivity index (χ2v) is 11.4. The molecule has 0 heterocycles. The monoisotopic (exact) mass is 606 g/mol. The number of hydrogen-bond acceptors (Lipinski definition) is 6. The van der Waals surface area contributed by atoms with Crippen LogP contribution < -0.4 is 9.62 Å². The van der Waals surface area contributed by atoms with Crippen molar-refractivity contribution in [3.63, 3.8) is 0 Å². The summed E-state index contributed by atoms with van der Waals surface area (Å²) < 4.78 is 28.3. The third-order valence-corrected chi connectivity index (χ3v) is 8.41. The Hall–Kier alpha value is -3.67. The van der Waals surface area contributed by atoms with Crippen LogP contribution in [0, 0.1) is 10.1 Å². The van der Waals surface area contributed by atoms with E-state index in [1.54, 1.807) is 32.0 Å². The zero-order valence-corrected chi connectivity index (χ0v) is 24.1. The third kappa shape index (κ3) is 7.29. The molecule has 1 atom stereocenters. The quantitative estimate of drug-likeness (QED) is 0.227. The van der Waals surface area contributed by atoms with Crippen LogP contribution in [-0.4, -0.2) is 49.2 Å². The maximum absolute atomic E-state index is 14.0. The minimum absolute atomic E-state index is 0.0815. The molecule has 3 rings (SSSR count). The number of anilines is 1. The van der Waals surface area contributed by atoms with Crippen molar-refractivity contribution < 1.29 is 22.9 Å². The van der Waals surface area contributed by atoms with Gasteiger partial charge in [-0.15, -0.1) is 0 Å². The molecular weight excluding hydrogens is 579 g/mol. The van der Waals surface area contributed by atoms with Gasteiger partial charge < -0.3 is 10.2 Å². The van der Waals surface area contributed by atoms with Crippen molar-refractivity contribution in [1.82, 2.24) is 10.2 Å². The summed E-state index contributed by atoms with van der Waals surface area (Å²) in [6.07, 6.45) is 0.227. The molecule has 0 aromatic heterocycles. The number of benzene rings is 3. The molecule has 0 aliphatic heterocycles. The summed E-state index contributed by atoms with van der Waals surface area (Å²) in [4.78, 5) is 38.9. The number of likely N-dealkylation sites (N-methyl/N-ethyl adjacent to an activating group) is 1. The van der Waals surface area contributed by atoms with Crippen molar-refractivity contribution in [3.05, 3.63) is 98.5 Å². The first-order valence-corrected chi connectivity index (χ1v) is 14.5. The summed E-state index contributed by atoms with van der Waals surface area (Å²) in [5.74, 6) is -1.13. The number of hydrogen-bond donors (Lipinski definition) is 1.